The van der Waals surface area contributed by atoms with Crippen LogP contribution in [-0.4, -0.2) is 42.9 Å². The number of nitrogens with one attached hydrogen (secondary N) is 2. The van der Waals surface area contributed by atoms with E-state index in [1.165, 1.54) is 4.90 Å². The summed E-state index contributed by atoms with van der Waals surface area (Å²) < 4.78 is 0. The van der Waals surface area contributed by atoms with Gasteiger partial charge in [0.1, 0.15) is 0 Å². The van der Waals surface area contributed by atoms with Gasteiger partial charge in [-0.3, -0.25) is 9.59 Å². The van der Waals surface area contributed by atoms with Gasteiger partial charge in [0.05, 0.1) is 13.1 Å². The molecule has 0 unspecified atom stereocenters. The number of carbonyl (C=O) groups is 2. The summed E-state index contributed by atoms with van der Waals surface area (Å²) in [5.74, 6) is -0.348. The first-order valence-electron chi connectivity index (χ1n) is 5.79. The van der Waals surface area contributed by atoms with Crippen molar-refractivity contribution in [2.45, 2.75) is 0 Å². The van der Waals surface area contributed by atoms with Gasteiger partial charge in [0.2, 0.25) is 11.8 Å². The molecule has 5 nitrogen and oxygen atoms in total. The number of hydrogen-bond donors (Lipinski definition) is 2. The van der Waals surface area contributed by atoms with E-state index in [2.05, 4.69) is 10.6 Å². The quantitative estimate of drug-likeness (QED) is 0.886. The molecule has 1 fully saturated rings. The van der Waals surface area contributed by atoms with Gasteiger partial charge in [-0.2, -0.15) is 0 Å². The fourth-order valence-corrected chi connectivity index (χ4v) is 2.34. The Morgan fingerprint density at radius 3 is 2.63 bits per heavy atom. The van der Waals surface area contributed by atoms with Crippen molar-refractivity contribution in [1.82, 2.24) is 10.2 Å². The van der Waals surface area contributed by atoms with Crippen molar-refractivity contribution in [2.24, 2.45) is 0 Å². The lowest BCUT2D eigenvalue weighted by Gasteiger charge is -2.26. The van der Waals surface area contributed by atoms with Crippen LogP contribution in [0.4, 0.5) is 5.69 Å². The Morgan fingerprint density at radius 2 is 2.00 bits per heavy atom. The molecule has 0 aromatic heterocycles. The summed E-state index contributed by atoms with van der Waals surface area (Å²) in [5, 5.41) is 6.50. The number of nitrogens with zero attached hydrogens (tertiary/aromatic N) is 1. The van der Waals surface area contributed by atoms with Gasteiger partial charge in [-0.25, -0.2) is 0 Å². The third-order valence-corrected chi connectivity index (χ3v) is 3.10. The second-order valence-electron chi connectivity index (χ2n) is 4.20. The minimum atomic E-state index is -0.270. The first-order valence-corrected chi connectivity index (χ1v) is 6.54. The summed E-state index contributed by atoms with van der Waals surface area (Å²) in [6, 6.07) is 4.79. The zero-order valence-corrected chi connectivity index (χ0v) is 11.6. The normalized spacial score (nSPS) is 15.5. The molecule has 1 aliphatic heterocycles. The third-order valence-electron chi connectivity index (χ3n) is 2.67. The first-order chi connectivity index (χ1) is 9.04. The van der Waals surface area contributed by atoms with Crippen LogP contribution >= 0.6 is 23.2 Å². The number of amides is 2. The van der Waals surface area contributed by atoms with Crippen LogP contribution in [0.3, 0.4) is 0 Å². The van der Waals surface area contributed by atoms with Crippen LogP contribution in [0.2, 0.25) is 10.0 Å². The van der Waals surface area contributed by atoms with E-state index in [1.807, 2.05) is 0 Å². The van der Waals surface area contributed by atoms with Crippen molar-refractivity contribution in [3.8, 4) is 0 Å². The maximum absolute atomic E-state index is 11.8. The average Bonchev–Trinajstić information content (AvgIpc) is 2.30. The number of carbonyl (C=O) groups excluding carboxylic acids is 2. The molecule has 102 valence electrons. The molecule has 1 aliphatic rings. The van der Waals surface area contributed by atoms with Gasteiger partial charge in [0, 0.05) is 28.8 Å². The van der Waals surface area contributed by atoms with Gasteiger partial charge in [-0.15, -0.1) is 0 Å². The Morgan fingerprint density at radius 1 is 1.32 bits per heavy atom. The molecule has 19 heavy (non-hydrogen) atoms. The van der Waals surface area contributed by atoms with Gasteiger partial charge in [-0.05, 0) is 18.2 Å². The van der Waals surface area contributed by atoms with Crippen molar-refractivity contribution >= 4 is 40.7 Å². The molecule has 0 atom stereocenters. The molecule has 0 aliphatic carbocycles. The topological polar surface area (TPSA) is 61.4 Å². The highest BCUT2D eigenvalue weighted by Gasteiger charge is 2.20. The van der Waals surface area contributed by atoms with Crippen molar-refractivity contribution in [3.63, 3.8) is 0 Å². The molecule has 1 aromatic carbocycles. The Hall–Kier alpha value is -1.30. The van der Waals surface area contributed by atoms with E-state index in [4.69, 9.17) is 23.2 Å². The second-order valence-corrected chi connectivity index (χ2v) is 5.07. The zero-order valence-electron chi connectivity index (χ0n) is 10.1. The number of hydrogen-bond acceptors (Lipinski definition) is 3. The molecule has 0 radical (unpaired) electrons. The maximum Gasteiger partial charge on any atom is 0.243 e. The lowest BCUT2D eigenvalue weighted by Crippen LogP contribution is -2.50. The molecule has 1 saturated heterocycles. The van der Waals surface area contributed by atoms with Crippen molar-refractivity contribution in [3.05, 3.63) is 28.2 Å². The largest absolute Gasteiger partial charge is 0.331 e. The molecule has 1 heterocycles. The van der Waals surface area contributed by atoms with E-state index < -0.39 is 0 Å². The standard InChI is InChI=1S/C12H13Cl2N3O2/c13-8-3-9(14)5-10(4-8)16-11(18)7-17-2-1-15-6-12(17)19/h3-5,15H,1-2,6-7H2,(H,16,18). The molecule has 0 spiro atoms. The van der Waals surface area contributed by atoms with Crippen LogP contribution in [0.1, 0.15) is 0 Å². The van der Waals surface area contributed by atoms with E-state index >= 15 is 0 Å². The predicted molar refractivity (Wildman–Crippen MR) is 74.5 cm³/mol. The van der Waals surface area contributed by atoms with E-state index in [9.17, 15) is 9.59 Å². The minimum absolute atomic E-state index is 0.0324. The number of rotatable bonds is 3. The first kappa shape index (κ1) is 14.1. The molecule has 7 heteroatoms. The Balaban J connectivity index is 1.95. The van der Waals surface area contributed by atoms with Gasteiger partial charge in [-0.1, -0.05) is 23.2 Å². The van der Waals surface area contributed by atoms with Crippen LogP contribution in [0.15, 0.2) is 18.2 Å². The fraction of sp³-hybridized carbons (Fsp3) is 0.333. The molecule has 2 rings (SSSR count). The van der Waals surface area contributed by atoms with Crippen LogP contribution < -0.4 is 10.6 Å². The summed E-state index contributed by atoms with van der Waals surface area (Å²) in [4.78, 5) is 24.9. The molecule has 1 aromatic rings. The van der Waals surface area contributed by atoms with Crippen LogP contribution in [0.25, 0.3) is 0 Å². The van der Waals surface area contributed by atoms with E-state index in [-0.39, 0.29) is 24.9 Å². The number of anilines is 1. The van der Waals surface area contributed by atoms with Crippen molar-refractivity contribution in [1.29, 1.82) is 0 Å². The summed E-state index contributed by atoms with van der Waals surface area (Å²) >= 11 is 11.7. The van der Waals surface area contributed by atoms with Gasteiger partial charge in [0.25, 0.3) is 0 Å². The van der Waals surface area contributed by atoms with Gasteiger partial charge in [0.15, 0.2) is 0 Å². The lowest BCUT2D eigenvalue weighted by molar-refractivity contribution is -0.135. The Kier molecular flexibility index (Phi) is 4.63. The van der Waals surface area contributed by atoms with Gasteiger partial charge < -0.3 is 15.5 Å². The van der Waals surface area contributed by atoms with E-state index in [0.717, 1.165) is 0 Å². The van der Waals surface area contributed by atoms with Crippen LogP contribution in [0.5, 0.6) is 0 Å². The molecule has 0 saturated carbocycles. The highest BCUT2D eigenvalue weighted by Crippen LogP contribution is 2.22. The summed E-state index contributed by atoms with van der Waals surface area (Å²) in [5.41, 5.74) is 0.519. The number of piperazine rings is 1. The van der Waals surface area contributed by atoms with E-state index in [1.54, 1.807) is 18.2 Å². The summed E-state index contributed by atoms with van der Waals surface area (Å²) in [7, 11) is 0. The Labute approximate surface area is 120 Å². The second kappa shape index (κ2) is 6.23. The fourth-order valence-electron chi connectivity index (χ4n) is 1.81. The monoisotopic (exact) mass is 301 g/mol. The zero-order chi connectivity index (χ0) is 13.8. The number of halogens is 2. The van der Waals surface area contributed by atoms with Crippen molar-refractivity contribution < 1.29 is 9.59 Å². The highest BCUT2D eigenvalue weighted by atomic mass is 35.5. The summed E-state index contributed by atoms with van der Waals surface area (Å²) in [6.45, 7) is 1.53. The van der Waals surface area contributed by atoms with Gasteiger partial charge >= 0.3 is 0 Å². The minimum Gasteiger partial charge on any atom is -0.331 e. The SMILES string of the molecule is O=C(CN1CCNCC1=O)Nc1cc(Cl)cc(Cl)c1. The third kappa shape index (κ3) is 4.09. The highest BCUT2D eigenvalue weighted by molar-refractivity contribution is 6.35. The average molecular weight is 302 g/mol. The van der Waals surface area contributed by atoms with Crippen molar-refractivity contribution in [2.75, 3.05) is 31.5 Å². The predicted octanol–water partition coefficient (Wildman–Crippen LogP) is 1.36. The molecular weight excluding hydrogens is 289 g/mol. The lowest BCUT2D eigenvalue weighted by atomic mass is 10.3. The molecular formula is C12H13Cl2N3O2. The van der Waals surface area contributed by atoms with Crippen LogP contribution in [-0.2, 0) is 9.59 Å². The number of benzene rings is 1. The Bertz CT molecular complexity index is 487. The smallest absolute Gasteiger partial charge is 0.243 e. The van der Waals surface area contributed by atoms with E-state index in [0.29, 0.717) is 28.8 Å². The molecule has 0 bridgehead atoms. The molecule has 2 N–H and O–H groups in total. The maximum atomic E-state index is 11.8. The van der Waals surface area contributed by atoms with Crippen LogP contribution in [0, 0.1) is 0 Å². The summed E-state index contributed by atoms with van der Waals surface area (Å²) in [6.07, 6.45) is 0. The molecule has 2 amide bonds.